The van der Waals surface area contributed by atoms with Gasteiger partial charge in [0, 0.05) is 5.57 Å². The van der Waals surface area contributed by atoms with Crippen molar-refractivity contribution in [2.45, 2.75) is 38.4 Å². The third kappa shape index (κ3) is 1.82. The highest BCUT2D eigenvalue weighted by Gasteiger charge is 2.45. The number of hydrogen-bond donors (Lipinski definition) is 0. The minimum absolute atomic E-state index is 0.239. The van der Waals surface area contributed by atoms with Crippen LogP contribution in [0.2, 0.25) is 0 Å². The molecule has 0 N–H and O–H groups in total. The van der Waals surface area contributed by atoms with Gasteiger partial charge in [-0.25, -0.2) is 4.79 Å². The Bertz CT molecular complexity index is 259. The van der Waals surface area contributed by atoms with Crippen molar-refractivity contribution in [3.63, 3.8) is 0 Å². The summed E-state index contributed by atoms with van der Waals surface area (Å²) >= 11 is 0. The number of epoxide rings is 1. The number of carbonyl (C=O) groups excluding carboxylic acids is 1. The van der Waals surface area contributed by atoms with E-state index in [2.05, 4.69) is 6.58 Å². The highest BCUT2D eigenvalue weighted by Crippen LogP contribution is 2.41. The highest BCUT2D eigenvalue weighted by atomic mass is 16.6. The number of esters is 1. The van der Waals surface area contributed by atoms with Crippen molar-refractivity contribution in [2.75, 3.05) is 6.61 Å². The van der Waals surface area contributed by atoms with Gasteiger partial charge in [-0.2, -0.15) is 0 Å². The van der Waals surface area contributed by atoms with Crippen LogP contribution in [0.1, 0.15) is 26.2 Å². The molecule has 1 saturated carbocycles. The topological polar surface area (TPSA) is 38.8 Å². The van der Waals surface area contributed by atoms with Crippen LogP contribution in [-0.2, 0) is 14.3 Å². The predicted octanol–water partition coefficient (Wildman–Crippen LogP) is 1.67. The number of carbonyl (C=O) groups is 1. The predicted molar refractivity (Wildman–Crippen MR) is 51.8 cm³/mol. The van der Waals surface area contributed by atoms with Gasteiger partial charge in [0.05, 0.1) is 18.8 Å². The molecular weight excluding hydrogens is 180 g/mol. The summed E-state index contributed by atoms with van der Waals surface area (Å²) in [7, 11) is 0. The Hall–Kier alpha value is -0.830. The van der Waals surface area contributed by atoms with Gasteiger partial charge < -0.3 is 9.47 Å². The van der Waals surface area contributed by atoms with Crippen molar-refractivity contribution in [1.29, 1.82) is 0 Å². The summed E-state index contributed by atoms with van der Waals surface area (Å²) in [5.74, 6) is 0.0365. The number of hydrogen-bond acceptors (Lipinski definition) is 3. The molecule has 78 valence electrons. The molecule has 3 atom stereocenters. The Kier molecular flexibility index (Phi) is 2.59. The highest BCUT2D eigenvalue weighted by molar-refractivity contribution is 5.88. The molecule has 1 heterocycles. The first-order chi connectivity index (χ1) is 6.72. The fourth-order valence-corrected chi connectivity index (χ4v) is 2.11. The van der Waals surface area contributed by atoms with E-state index in [0.29, 0.717) is 24.4 Å². The van der Waals surface area contributed by atoms with Crippen LogP contribution in [-0.4, -0.2) is 24.8 Å². The van der Waals surface area contributed by atoms with E-state index in [1.54, 1.807) is 0 Å². The molecule has 2 fully saturated rings. The van der Waals surface area contributed by atoms with Crippen molar-refractivity contribution in [2.24, 2.45) is 5.92 Å². The third-order valence-corrected chi connectivity index (χ3v) is 3.03. The smallest absolute Gasteiger partial charge is 0.333 e. The van der Waals surface area contributed by atoms with Crippen molar-refractivity contribution in [3.05, 3.63) is 12.2 Å². The molecule has 0 aromatic rings. The van der Waals surface area contributed by atoms with E-state index in [0.717, 1.165) is 19.3 Å². The molecule has 0 amide bonds. The van der Waals surface area contributed by atoms with Crippen molar-refractivity contribution < 1.29 is 14.3 Å². The van der Waals surface area contributed by atoms with E-state index in [-0.39, 0.29) is 11.9 Å². The van der Waals surface area contributed by atoms with E-state index in [1.807, 2.05) is 6.92 Å². The Balaban J connectivity index is 1.87. The van der Waals surface area contributed by atoms with Gasteiger partial charge in [0.25, 0.3) is 0 Å². The van der Waals surface area contributed by atoms with Gasteiger partial charge in [0.1, 0.15) is 0 Å². The molecule has 1 aliphatic heterocycles. The molecule has 3 heteroatoms. The molecule has 2 rings (SSSR count). The summed E-state index contributed by atoms with van der Waals surface area (Å²) < 4.78 is 10.3. The molecule has 3 nitrogen and oxygen atoms in total. The molecule has 0 aromatic carbocycles. The normalized spacial score (nSPS) is 34.5. The van der Waals surface area contributed by atoms with Crippen molar-refractivity contribution in [3.8, 4) is 0 Å². The first-order valence-electron chi connectivity index (χ1n) is 5.23. The second-order valence-electron chi connectivity index (χ2n) is 3.97. The fourth-order valence-electron chi connectivity index (χ4n) is 2.11. The Labute approximate surface area is 84.1 Å². The van der Waals surface area contributed by atoms with Crippen LogP contribution >= 0.6 is 0 Å². The summed E-state index contributed by atoms with van der Waals surface area (Å²) in [6, 6.07) is 0. The molecule has 2 aliphatic rings. The summed E-state index contributed by atoms with van der Waals surface area (Å²) in [6.07, 6.45) is 3.88. The van der Waals surface area contributed by atoms with E-state index in [1.165, 1.54) is 0 Å². The van der Waals surface area contributed by atoms with Crippen LogP contribution < -0.4 is 0 Å². The van der Waals surface area contributed by atoms with Gasteiger partial charge in [-0.05, 0) is 32.1 Å². The number of ether oxygens (including phenoxy) is 2. The van der Waals surface area contributed by atoms with E-state index >= 15 is 0 Å². The maximum atomic E-state index is 11.4. The molecule has 14 heavy (non-hydrogen) atoms. The van der Waals surface area contributed by atoms with Crippen LogP contribution in [0.4, 0.5) is 0 Å². The van der Waals surface area contributed by atoms with Crippen molar-refractivity contribution >= 4 is 5.97 Å². The lowest BCUT2D eigenvalue weighted by atomic mass is 9.84. The SMILES string of the molecule is C=C(C(=O)OCC)C1CCC2OC2C1. The third-order valence-electron chi connectivity index (χ3n) is 3.03. The molecule has 1 aliphatic carbocycles. The van der Waals surface area contributed by atoms with Gasteiger partial charge in [0.2, 0.25) is 0 Å². The van der Waals surface area contributed by atoms with E-state index in [9.17, 15) is 4.79 Å². The molecule has 0 radical (unpaired) electrons. The minimum Gasteiger partial charge on any atom is -0.463 e. The first kappa shape index (κ1) is 9.71. The summed E-state index contributed by atoms with van der Waals surface area (Å²) in [5.41, 5.74) is 0.626. The largest absolute Gasteiger partial charge is 0.463 e. The summed E-state index contributed by atoms with van der Waals surface area (Å²) in [6.45, 7) is 6.06. The maximum Gasteiger partial charge on any atom is 0.333 e. The molecule has 0 aromatic heterocycles. The zero-order chi connectivity index (χ0) is 10.1. The lowest BCUT2D eigenvalue weighted by molar-refractivity contribution is -0.139. The van der Waals surface area contributed by atoms with Gasteiger partial charge in [-0.15, -0.1) is 0 Å². The summed E-state index contributed by atoms with van der Waals surface area (Å²) in [4.78, 5) is 11.4. The lowest BCUT2D eigenvalue weighted by Crippen LogP contribution is -2.20. The number of rotatable bonds is 3. The van der Waals surface area contributed by atoms with Crippen LogP contribution in [0.3, 0.4) is 0 Å². The molecule has 3 unspecified atom stereocenters. The maximum absolute atomic E-state index is 11.4. The fraction of sp³-hybridized carbons (Fsp3) is 0.727. The Morgan fingerprint density at radius 3 is 2.93 bits per heavy atom. The van der Waals surface area contributed by atoms with Gasteiger partial charge in [0.15, 0.2) is 0 Å². The van der Waals surface area contributed by atoms with Gasteiger partial charge in [-0.1, -0.05) is 6.58 Å². The monoisotopic (exact) mass is 196 g/mol. The molecular formula is C11H16O3. The standard InChI is InChI=1S/C11H16O3/c1-3-13-11(12)7(2)8-4-5-9-10(6-8)14-9/h8-10H,2-6H2,1H3. The Morgan fingerprint density at radius 2 is 2.29 bits per heavy atom. The van der Waals surface area contributed by atoms with Gasteiger partial charge in [-0.3, -0.25) is 0 Å². The second-order valence-corrected chi connectivity index (χ2v) is 3.97. The van der Waals surface area contributed by atoms with Crippen LogP contribution in [0.25, 0.3) is 0 Å². The van der Waals surface area contributed by atoms with Crippen molar-refractivity contribution in [1.82, 2.24) is 0 Å². The lowest BCUT2D eigenvalue weighted by Gasteiger charge is -2.19. The van der Waals surface area contributed by atoms with Crippen LogP contribution in [0.5, 0.6) is 0 Å². The van der Waals surface area contributed by atoms with Crippen LogP contribution in [0, 0.1) is 5.92 Å². The summed E-state index contributed by atoms with van der Waals surface area (Å²) in [5, 5.41) is 0. The average molecular weight is 196 g/mol. The zero-order valence-electron chi connectivity index (χ0n) is 8.49. The van der Waals surface area contributed by atoms with Crippen LogP contribution in [0.15, 0.2) is 12.2 Å². The first-order valence-corrected chi connectivity index (χ1v) is 5.23. The molecule has 0 bridgehead atoms. The molecule has 0 spiro atoms. The second kappa shape index (κ2) is 3.73. The number of fused-ring (bicyclic) bond motifs is 1. The van der Waals surface area contributed by atoms with E-state index in [4.69, 9.17) is 9.47 Å². The van der Waals surface area contributed by atoms with Gasteiger partial charge >= 0.3 is 5.97 Å². The minimum atomic E-state index is -0.239. The molecule has 1 saturated heterocycles. The Morgan fingerprint density at radius 1 is 1.50 bits per heavy atom. The average Bonchev–Trinajstić information content (AvgIpc) is 2.94. The quantitative estimate of drug-likeness (QED) is 0.391. The van der Waals surface area contributed by atoms with E-state index < -0.39 is 0 Å². The zero-order valence-corrected chi connectivity index (χ0v) is 8.49.